The Morgan fingerprint density at radius 2 is 1.69 bits per heavy atom. The molecule has 2 aromatic heterocycles. The van der Waals surface area contributed by atoms with Gasteiger partial charge in [0, 0.05) is 21.0 Å². The molecule has 5 nitrogen and oxygen atoms in total. The minimum atomic E-state index is 0.367. The SMILES string of the molecule is Clc1ccc(Cn2nc(-c3nc(-c4cccc(Cl)c4)no3)c3ccccc32)cc1. The average Bonchev–Trinajstić information content (AvgIpc) is 3.35. The van der Waals surface area contributed by atoms with E-state index in [1.54, 1.807) is 12.1 Å². The van der Waals surface area contributed by atoms with E-state index in [9.17, 15) is 0 Å². The molecule has 0 aliphatic carbocycles. The Morgan fingerprint density at radius 1 is 0.862 bits per heavy atom. The molecular weight excluding hydrogens is 407 g/mol. The van der Waals surface area contributed by atoms with E-state index >= 15 is 0 Å². The third-order valence-electron chi connectivity index (χ3n) is 4.61. The fraction of sp³-hybridized carbons (Fsp3) is 0.0455. The first kappa shape index (κ1) is 17.9. The molecule has 0 N–H and O–H groups in total. The monoisotopic (exact) mass is 420 g/mol. The van der Waals surface area contributed by atoms with Crippen molar-refractivity contribution in [1.82, 2.24) is 19.9 Å². The Kier molecular flexibility index (Phi) is 4.54. The Balaban J connectivity index is 1.56. The van der Waals surface area contributed by atoms with Crippen molar-refractivity contribution in [3.05, 3.63) is 88.4 Å². The van der Waals surface area contributed by atoms with Gasteiger partial charge < -0.3 is 4.52 Å². The second kappa shape index (κ2) is 7.35. The number of benzene rings is 3. The summed E-state index contributed by atoms with van der Waals surface area (Å²) in [5.41, 5.74) is 3.52. The van der Waals surface area contributed by atoms with Gasteiger partial charge in [0.25, 0.3) is 5.89 Å². The third kappa shape index (κ3) is 3.50. The number of hydrogen-bond donors (Lipinski definition) is 0. The molecule has 0 unspecified atom stereocenters. The smallest absolute Gasteiger partial charge is 0.279 e. The van der Waals surface area contributed by atoms with Gasteiger partial charge in [-0.15, -0.1) is 0 Å². The lowest BCUT2D eigenvalue weighted by Crippen LogP contribution is -2.01. The molecule has 0 saturated carbocycles. The molecule has 0 atom stereocenters. The molecule has 0 aliphatic rings. The summed E-state index contributed by atoms with van der Waals surface area (Å²) in [5.74, 6) is 0.838. The zero-order valence-electron chi connectivity index (χ0n) is 15.1. The first-order valence-electron chi connectivity index (χ1n) is 8.97. The predicted octanol–water partition coefficient (Wildman–Crippen LogP) is 6.11. The molecule has 5 aromatic rings. The van der Waals surface area contributed by atoms with Crippen LogP contribution in [0.4, 0.5) is 0 Å². The van der Waals surface area contributed by atoms with Crippen LogP contribution in [0, 0.1) is 0 Å². The van der Waals surface area contributed by atoms with Crippen LogP contribution >= 0.6 is 23.2 Å². The van der Waals surface area contributed by atoms with Crippen LogP contribution in [0.3, 0.4) is 0 Å². The Bertz CT molecular complexity index is 1310. The van der Waals surface area contributed by atoms with Gasteiger partial charge in [-0.25, -0.2) is 0 Å². The van der Waals surface area contributed by atoms with Gasteiger partial charge in [-0.05, 0) is 35.9 Å². The number of halogens is 2. The van der Waals surface area contributed by atoms with E-state index in [-0.39, 0.29) is 0 Å². The van der Waals surface area contributed by atoms with Gasteiger partial charge in [-0.3, -0.25) is 4.68 Å². The van der Waals surface area contributed by atoms with E-state index in [1.807, 2.05) is 65.3 Å². The highest BCUT2D eigenvalue weighted by molar-refractivity contribution is 6.31. The van der Waals surface area contributed by atoms with Crippen molar-refractivity contribution in [2.45, 2.75) is 6.54 Å². The number of fused-ring (bicyclic) bond motifs is 1. The molecule has 0 fully saturated rings. The maximum Gasteiger partial charge on any atom is 0.279 e. The second-order valence-electron chi connectivity index (χ2n) is 6.58. The molecule has 0 bridgehead atoms. The Morgan fingerprint density at radius 3 is 2.52 bits per heavy atom. The summed E-state index contributed by atoms with van der Waals surface area (Å²) in [5, 5.41) is 11.1. The fourth-order valence-corrected chi connectivity index (χ4v) is 3.55. The van der Waals surface area contributed by atoms with Crippen LogP contribution in [0.15, 0.2) is 77.3 Å². The van der Waals surface area contributed by atoms with E-state index in [0.717, 1.165) is 22.0 Å². The molecule has 0 aliphatic heterocycles. The molecule has 5 rings (SSSR count). The lowest BCUT2D eigenvalue weighted by atomic mass is 10.2. The highest BCUT2D eigenvalue weighted by atomic mass is 35.5. The molecule has 3 aromatic carbocycles. The van der Waals surface area contributed by atoms with Gasteiger partial charge in [0.1, 0.15) is 0 Å². The summed E-state index contributed by atoms with van der Waals surface area (Å²) in [6.45, 7) is 0.604. The maximum absolute atomic E-state index is 6.08. The molecular formula is C22H14Cl2N4O. The lowest BCUT2D eigenvalue weighted by molar-refractivity contribution is 0.430. The van der Waals surface area contributed by atoms with E-state index in [1.165, 1.54) is 0 Å². The van der Waals surface area contributed by atoms with Crippen molar-refractivity contribution in [1.29, 1.82) is 0 Å². The van der Waals surface area contributed by atoms with Crippen LogP contribution in [-0.2, 0) is 6.54 Å². The molecule has 0 radical (unpaired) electrons. The van der Waals surface area contributed by atoms with Gasteiger partial charge in [0.2, 0.25) is 5.82 Å². The second-order valence-corrected chi connectivity index (χ2v) is 7.46. The van der Waals surface area contributed by atoms with Crippen LogP contribution in [-0.4, -0.2) is 19.9 Å². The number of rotatable bonds is 4. The minimum Gasteiger partial charge on any atom is -0.332 e. The summed E-state index contributed by atoms with van der Waals surface area (Å²) in [6, 6.07) is 23.0. The minimum absolute atomic E-state index is 0.367. The molecule has 29 heavy (non-hydrogen) atoms. The van der Waals surface area contributed by atoms with Crippen molar-refractivity contribution in [2.75, 3.05) is 0 Å². The summed E-state index contributed by atoms with van der Waals surface area (Å²) >= 11 is 12.1. The maximum atomic E-state index is 6.08. The number of para-hydroxylation sites is 1. The van der Waals surface area contributed by atoms with Gasteiger partial charge in [-0.1, -0.05) is 70.8 Å². The Hall–Kier alpha value is -3.15. The highest BCUT2D eigenvalue weighted by Gasteiger charge is 2.18. The molecule has 0 amide bonds. The van der Waals surface area contributed by atoms with Crippen molar-refractivity contribution < 1.29 is 4.52 Å². The summed E-state index contributed by atoms with van der Waals surface area (Å²) in [4.78, 5) is 4.54. The van der Waals surface area contributed by atoms with E-state index in [4.69, 9.17) is 32.8 Å². The van der Waals surface area contributed by atoms with E-state index in [2.05, 4.69) is 10.1 Å². The summed E-state index contributed by atoms with van der Waals surface area (Å²) in [6.07, 6.45) is 0. The van der Waals surface area contributed by atoms with Crippen LogP contribution in [0.25, 0.3) is 33.9 Å². The third-order valence-corrected chi connectivity index (χ3v) is 5.10. The summed E-state index contributed by atoms with van der Waals surface area (Å²) < 4.78 is 7.46. The molecule has 142 valence electrons. The molecule has 7 heteroatoms. The number of nitrogens with zero attached hydrogens (tertiary/aromatic N) is 4. The van der Waals surface area contributed by atoms with Crippen molar-refractivity contribution in [3.8, 4) is 23.0 Å². The van der Waals surface area contributed by atoms with Crippen LogP contribution in [0.1, 0.15) is 5.56 Å². The first-order valence-corrected chi connectivity index (χ1v) is 9.73. The normalized spacial score (nSPS) is 11.2. The fourth-order valence-electron chi connectivity index (χ4n) is 3.23. The van der Waals surface area contributed by atoms with Gasteiger partial charge in [-0.2, -0.15) is 10.1 Å². The average molecular weight is 421 g/mol. The van der Waals surface area contributed by atoms with Gasteiger partial charge >= 0.3 is 0 Å². The highest BCUT2D eigenvalue weighted by Crippen LogP contribution is 2.29. The molecule has 0 saturated heterocycles. The molecule has 0 spiro atoms. The van der Waals surface area contributed by atoms with Crippen molar-refractivity contribution >= 4 is 34.1 Å². The van der Waals surface area contributed by atoms with Crippen LogP contribution in [0.2, 0.25) is 10.0 Å². The standard InChI is InChI=1S/C22H14Cl2N4O/c23-16-10-8-14(9-11-16)13-28-19-7-2-1-6-18(19)20(26-28)22-25-21(27-29-22)15-4-3-5-17(24)12-15/h1-12H,13H2. The predicted molar refractivity (Wildman–Crippen MR) is 114 cm³/mol. The number of aromatic nitrogens is 4. The lowest BCUT2D eigenvalue weighted by Gasteiger charge is -2.03. The first-order chi connectivity index (χ1) is 14.2. The quantitative estimate of drug-likeness (QED) is 0.351. The zero-order chi connectivity index (χ0) is 19.8. The topological polar surface area (TPSA) is 56.7 Å². The van der Waals surface area contributed by atoms with Gasteiger partial charge in [0.05, 0.1) is 12.1 Å². The Labute approximate surface area is 176 Å². The van der Waals surface area contributed by atoms with E-state index < -0.39 is 0 Å². The zero-order valence-corrected chi connectivity index (χ0v) is 16.6. The largest absolute Gasteiger partial charge is 0.332 e. The molecule has 2 heterocycles. The van der Waals surface area contributed by atoms with Gasteiger partial charge in [0.15, 0.2) is 5.69 Å². The van der Waals surface area contributed by atoms with E-state index in [0.29, 0.717) is 34.0 Å². The van der Waals surface area contributed by atoms with Crippen molar-refractivity contribution in [3.63, 3.8) is 0 Å². The summed E-state index contributed by atoms with van der Waals surface area (Å²) in [7, 11) is 0. The number of hydrogen-bond acceptors (Lipinski definition) is 4. The van der Waals surface area contributed by atoms with Crippen molar-refractivity contribution in [2.24, 2.45) is 0 Å². The van der Waals surface area contributed by atoms with Crippen LogP contribution < -0.4 is 0 Å². The van der Waals surface area contributed by atoms with Crippen LogP contribution in [0.5, 0.6) is 0 Å².